The first-order chi connectivity index (χ1) is 8.79. The lowest BCUT2D eigenvalue weighted by Gasteiger charge is -2.26. The largest absolute Gasteiger partial charge is 0.383 e. The zero-order valence-electron chi connectivity index (χ0n) is 10.7. The van der Waals surface area contributed by atoms with Crippen LogP contribution in [0.25, 0.3) is 0 Å². The van der Waals surface area contributed by atoms with E-state index in [0.717, 1.165) is 13.1 Å². The van der Waals surface area contributed by atoms with Crippen molar-refractivity contribution in [2.24, 2.45) is 0 Å². The fourth-order valence-electron chi connectivity index (χ4n) is 1.96. The predicted octanol–water partition coefficient (Wildman–Crippen LogP) is 0.502. The summed E-state index contributed by atoms with van der Waals surface area (Å²) in [5.74, 6) is 1.44. The molecule has 3 N–H and O–H groups in total. The van der Waals surface area contributed by atoms with Crippen molar-refractivity contribution in [2.75, 3.05) is 49.3 Å². The number of piperidine rings is 1. The molecular formula is C11H20N6O. The van der Waals surface area contributed by atoms with Crippen molar-refractivity contribution in [1.29, 1.82) is 0 Å². The van der Waals surface area contributed by atoms with Gasteiger partial charge in [0.2, 0.25) is 17.8 Å². The number of ether oxygens (including phenoxy) is 1. The third-order valence-corrected chi connectivity index (χ3v) is 2.87. The molecular weight excluding hydrogens is 232 g/mol. The first-order valence-corrected chi connectivity index (χ1v) is 6.29. The van der Waals surface area contributed by atoms with Crippen LogP contribution in [0.1, 0.15) is 19.3 Å². The smallest absolute Gasteiger partial charge is 0.231 e. The second-order valence-electron chi connectivity index (χ2n) is 4.28. The summed E-state index contributed by atoms with van der Waals surface area (Å²) < 4.78 is 4.97. The molecule has 0 saturated carbocycles. The number of hydrogen-bond donors (Lipinski definition) is 2. The van der Waals surface area contributed by atoms with Crippen LogP contribution in [0.3, 0.4) is 0 Å². The SMILES string of the molecule is COCCNc1nc(N)nc(N2CCCCC2)n1. The van der Waals surface area contributed by atoms with Gasteiger partial charge in [0, 0.05) is 26.7 Å². The quantitative estimate of drug-likeness (QED) is 0.738. The Morgan fingerprint density at radius 3 is 2.72 bits per heavy atom. The van der Waals surface area contributed by atoms with Gasteiger partial charge >= 0.3 is 0 Å². The van der Waals surface area contributed by atoms with E-state index in [0.29, 0.717) is 25.0 Å². The van der Waals surface area contributed by atoms with E-state index in [4.69, 9.17) is 10.5 Å². The van der Waals surface area contributed by atoms with Crippen LogP contribution in [0.4, 0.5) is 17.8 Å². The maximum Gasteiger partial charge on any atom is 0.231 e. The van der Waals surface area contributed by atoms with Crippen molar-refractivity contribution >= 4 is 17.8 Å². The minimum Gasteiger partial charge on any atom is -0.383 e. The summed E-state index contributed by atoms with van der Waals surface area (Å²) in [4.78, 5) is 14.8. The number of nitrogen functional groups attached to an aromatic ring is 1. The maximum absolute atomic E-state index is 5.71. The number of nitrogens with zero attached hydrogens (tertiary/aromatic N) is 4. The van der Waals surface area contributed by atoms with E-state index >= 15 is 0 Å². The molecule has 0 amide bonds. The standard InChI is InChI=1S/C11H20N6O/c1-18-8-5-13-10-14-9(12)15-11(16-10)17-6-3-2-4-7-17/h2-8H2,1H3,(H3,12,13,14,15,16). The van der Waals surface area contributed by atoms with E-state index in [9.17, 15) is 0 Å². The molecule has 1 aromatic heterocycles. The lowest BCUT2D eigenvalue weighted by Crippen LogP contribution is -2.31. The Balaban J connectivity index is 2.05. The van der Waals surface area contributed by atoms with Crippen LogP contribution in [0, 0.1) is 0 Å². The maximum atomic E-state index is 5.71. The molecule has 100 valence electrons. The molecule has 0 spiro atoms. The fraction of sp³-hybridized carbons (Fsp3) is 0.727. The van der Waals surface area contributed by atoms with Crippen LogP contribution < -0.4 is 16.0 Å². The Bertz CT molecular complexity index is 380. The van der Waals surface area contributed by atoms with Gasteiger partial charge in [-0.05, 0) is 19.3 Å². The fourth-order valence-corrected chi connectivity index (χ4v) is 1.96. The molecule has 2 rings (SSSR count). The minimum absolute atomic E-state index is 0.255. The van der Waals surface area contributed by atoms with Crippen molar-refractivity contribution in [3.63, 3.8) is 0 Å². The number of anilines is 3. The third-order valence-electron chi connectivity index (χ3n) is 2.87. The molecule has 1 fully saturated rings. The summed E-state index contributed by atoms with van der Waals surface area (Å²) in [7, 11) is 1.66. The number of methoxy groups -OCH3 is 1. The van der Waals surface area contributed by atoms with Gasteiger partial charge < -0.3 is 20.7 Å². The Morgan fingerprint density at radius 2 is 2.00 bits per heavy atom. The van der Waals surface area contributed by atoms with Gasteiger partial charge in [0.05, 0.1) is 6.61 Å². The monoisotopic (exact) mass is 252 g/mol. The average Bonchev–Trinajstić information content (AvgIpc) is 2.39. The summed E-state index contributed by atoms with van der Waals surface area (Å²) >= 11 is 0. The van der Waals surface area contributed by atoms with Crippen LogP contribution >= 0.6 is 0 Å². The molecule has 1 aliphatic heterocycles. The topological polar surface area (TPSA) is 89.2 Å². The molecule has 7 heteroatoms. The van der Waals surface area contributed by atoms with Crippen LogP contribution in [0.15, 0.2) is 0 Å². The summed E-state index contributed by atoms with van der Waals surface area (Å²) in [5.41, 5.74) is 5.71. The highest BCUT2D eigenvalue weighted by Crippen LogP contribution is 2.17. The molecule has 0 unspecified atom stereocenters. The molecule has 7 nitrogen and oxygen atoms in total. The summed E-state index contributed by atoms with van der Waals surface area (Å²) in [6, 6.07) is 0. The normalized spacial score (nSPS) is 15.7. The van der Waals surface area contributed by atoms with Gasteiger partial charge in [-0.1, -0.05) is 0 Å². The number of rotatable bonds is 5. The third kappa shape index (κ3) is 3.43. The molecule has 0 bridgehead atoms. The molecule has 0 aliphatic carbocycles. The van der Waals surface area contributed by atoms with E-state index in [1.165, 1.54) is 19.3 Å². The molecule has 2 heterocycles. The van der Waals surface area contributed by atoms with Crippen LogP contribution in [-0.4, -0.2) is 48.3 Å². The zero-order chi connectivity index (χ0) is 12.8. The Labute approximate surface area is 107 Å². The van der Waals surface area contributed by atoms with Crippen molar-refractivity contribution in [1.82, 2.24) is 15.0 Å². The Kier molecular flexibility index (Phi) is 4.52. The Morgan fingerprint density at radius 1 is 1.22 bits per heavy atom. The van der Waals surface area contributed by atoms with E-state index in [2.05, 4.69) is 25.2 Å². The predicted molar refractivity (Wildman–Crippen MR) is 70.7 cm³/mol. The van der Waals surface area contributed by atoms with Crippen molar-refractivity contribution < 1.29 is 4.74 Å². The van der Waals surface area contributed by atoms with Crippen molar-refractivity contribution in [2.45, 2.75) is 19.3 Å². The number of aromatic nitrogens is 3. The highest BCUT2D eigenvalue weighted by atomic mass is 16.5. The van der Waals surface area contributed by atoms with Gasteiger partial charge in [-0.25, -0.2) is 0 Å². The number of nitrogens with two attached hydrogens (primary N) is 1. The van der Waals surface area contributed by atoms with E-state index in [-0.39, 0.29) is 5.95 Å². The van der Waals surface area contributed by atoms with Gasteiger partial charge in [-0.15, -0.1) is 0 Å². The summed E-state index contributed by atoms with van der Waals surface area (Å²) in [6.07, 6.45) is 3.63. The second kappa shape index (κ2) is 6.34. The van der Waals surface area contributed by atoms with Gasteiger partial charge in [0.15, 0.2) is 0 Å². The van der Waals surface area contributed by atoms with E-state index in [1.54, 1.807) is 7.11 Å². The second-order valence-corrected chi connectivity index (χ2v) is 4.28. The number of nitrogens with one attached hydrogen (secondary N) is 1. The molecule has 1 aromatic rings. The van der Waals surface area contributed by atoms with Gasteiger partial charge in [0.25, 0.3) is 0 Å². The van der Waals surface area contributed by atoms with Gasteiger partial charge in [0.1, 0.15) is 0 Å². The van der Waals surface area contributed by atoms with Crippen LogP contribution in [0.2, 0.25) is 0 Å². The molecule has 1 saturated heterocycles. The van der Waals surface area contributed by atoms with E-state index < -0.39 is 0 Å². The average molecular weight is 252 g/mol. The zero-order valence-corrected chi connectivity index (χ0v) is 10.7. The lowest BCUT2D eigenvalue weighted by atomic mass is 10.1. The Hall–Kier alpha value is -1.63. The molecule has 1 aliphatic rings. The van der Waals surface area contributed by atoms with E-state index in [1.807, 2.05) is 0 Å². The lowest BCUT2D eigenvalue weighted by molar-refractivity contribution is 0.210. The summed E-state index contributed by atoms with van der Waals surface area (Å²) in [5, 5.41) is 3.07. The summed E-state index contributed by atoms with van der Waals surface area (Å²) in [6.45, 7) is 3.23. The van der Waals surface area contributed by atoms with Crippen molar-refractivity contribution in [3.05, 3.63) is 0 Å². The minimum atomic E-state index is 0.255. The molecule has 18 heavy (non-hydrogen) atoms. The first kappa shape index (κ1) is 12.8. The van der Waals surface area contributed by atoms with Gasteiger partial charge in [-0.2, -0.15) is 15.0 Å². The molecule has 0 radical (unpaired) electrons. The first-order valence-electron chi connectivity index (χ1n) is 6.29. The molecule has 0 atom stereocenters. The molecule has 0 aromatic carbocycles. The van der Waals surface area contributed by atoms with Gasteiger partial charge in [-0.3, -0.25) is 0 Å². The van der Waals surface area contributed by atoms with Crippen molar-refractivity contribution in [3.8, 4) is 0 Å². The highest BCUT2D eigenvalue weighted by molar-refractivity contribution is 5.42. The van der Waals surface area contributed by atoms with Crippen LogP contribution in [-0.2, 0) is 4.74 Å². The highest BCUT2D eigenvalue weighted by Gasteiger charge is 2.15. The van der Waals surface area contributed by atoms with Crippen LogP contribution in [0.5, 0.6) is 0 Å². The number of hydrogen-bond acceptors (Lipinski definition) is 7.